The van der Waals surface area contributed by atoms with Gasteiger partial charge in [0.15, 0.2) is 0 Å². The first-order chi connectivity index (χ1) is 12.4. The highest BCUT2D eigenvalue weighted by atomic mass is 14.1. The lowest BCUT2D eigenvalue weighted by atomic mass is 9.89. The largest absolute Gasteiger partial charge is 0.0654 e. The molecule has 0 fully saturated rings. The predicted molar refractivity (Wildman–Crippen MR) is 111 cm³/mol. The topological polar surface area (TPSA) is 0 Å². The molecule has 2 aromatic rings. The first-order valence-electron chi connectivity index (χ1n) is 10.4. The van der Waals surface area contributed by atoms with Gasteiger partial charge < -0.3 is 0 Å². The summed E-state index contributed by atoms with van der Waals surface area (Å²) in [6.07, 6.45) is 14.3. The van der Waals surface area contributed by atoms with Gasteiger partial charge in [-0.15, -0.1) is 0 Å². The molecule has 0 unspecified atom stereocenters. The summed E-state index contributed by atoms with van der Waals surface area (Å²) in [6.45, 7) is 4.56. The Labute approximate surface area is 155 Å². The Morgan fingerprint density at radius 1 is 0.680 bits per heavy atom. The molecule has 0 spiro atoms. The zero-order valence-corrected chi connectivity index (χ0v) is 16.3. The first kappa shape index (κ1) is 19.8. The van der Waals surface area contributed by atoms with E-state index in [0.29, 0.717) is 0 Å². The van der Waals surface area contributed by atoms with Crippen molar-refractivity contribution in [3.63, 3.8) is 0 Å². The fourth-order valence-electron chi connectivity index (χ4n) is 3.61. The summed E-state index contributed by atoms with van der Waals surface area (Å²) >= 11 is 0. The van der Waals surface area contributed by atoms with Gasteiger partial charge in [-0.2, -0.15) is 0 Å². The third-order valence-electron chi connectivity index (χ3n) is 5.06. The summed E-state index contributed by atoms with van der Waals surface area (Å²) in [5.74, 6) is 0. The van der Waals surface area contributed by atoms with Crippen molar-refractivity contribution in [3.05, 3.63) is 59.7 Å². The van der Waals surface area contributed by atoms with Crippen LogP contribution in [0.5, 0.6) is 0 Å². The quantitative estimate of drug-likeness (QED) is 0.347. The molecule has 0 heteroatoms. The molecule has 0 nitrogen and oxygen atoms in total. The molecular weight excluding hydrogens is 300 g/mol. The maximum atomic E-state index is 3.57. The fourth-order valence-corrected chi connectivity index (χ4v) is 3.61. The lowest BCUT2D eigenvalue weighted by molar-refractivity contribution is 0.632. The smallest absolute Gasteiger partial charge is 0.0114 e. The molecule has 135 valence electrons. The van der Waals surface area contributed by atoms with Crippen LogP contribution in [0.2, 0.25) is 0 Å². The average molecular weight is 336 g/mol. The number of unbranched alkanes of at least 4 members (excludes halogenated alkanes) is 7. The van der Waals surface area contributed by atoms with E-state index in [1.54, 1.807) is 0 Å². The zero-order chi connectivity index (χ0) is 17.7. The van der Waals surface area contributed by atoms with Gasteiger partial charge in [-0.25, -0.2) is 0 Å². The minimum atomic E-state index is 1.16. The summed E-state index contributed by atoms with van der Waals surface area (Å²) in [7, 11) is 0. The fraction of sp³-hybridized carbons (Fsp3) is 0.520. The van der Waals surface area contributed by atoms with Gasteiger partial charge in [0.25, 0.3) is 0 Å². The van der Waals surface area contributed by atoms with E-state index in [1.165, 1.54) is 86.5 Å². The van der Waals surface area contributed by atoms with Crippen LogP contribution in [-0.2, 0) is 12.8 Å². The van der Waals surface area contributed by atoms with E-state index in [4.69, 9.17) is 0 Å². The summed E-state index contributed by atoms with van der Waals surface area (Å²) in [4.78, 5) is 0. The molecule has 0 atom stereocenters. The van der Waals surface area contributed by atoms with Crippen LogP contribution in [0, 0.1) is 6.07 Å². The maximum absolute atomic E-state index is 3.57. The van der Waals surface area contributed by atoms with Crippen molar-refractivity contribution in [2.45, 2.75) is 84.5 Å². The number of aryl methyl sites for hydroxylation is 2. The van der Waals surface area contributed by atoms with Crippen molar-refractivity contribution in [1.29, 1.82) is 0 Å². The molecule has 0 saturated carbocycles. The Balaban J connectivity index is 2.13. The van der Waals surface area contributed by atoms with Gasteiger partial charge in [0, 0.05) is 0 Å². The summed E-state index contributed by atoms with van der Waals surface area (Å²) in [5.41, 5.74) is 5.78. The Bertz CT molecular complexity index is 582. The standard InChI is InChI=1S/C25H35/c1-3-5-7-9-12-17-24-21-15-20-23(16-11-8-6-4-2)25(24)22-18-13-10-14-19-22/h10,13-15,18-20H,3-9,11-12,16-17H2,1-2H3. The van der Waals surface area contributed by atoms with Crippen LogP contribution in [0.3, 0.4) is 0 Å². The Kier molecular flexibility index (Phi) is 9.41. The Morgan fingerprint density at radius 2 is 1.32 bits per heavy atom. The van der Waals surface area contributed by atoms with Gasteiger partial charge in [-0.05, 0) is 54.0 Å². The number of rotatable bonds is 12. The van der Waals surface area contributed by atoms with Gasteiger partial charge >= 0.3 is 0 Å². The SMILES string of the molecule is CCCCCCCc1[c]ccc(CCCCCC)c1-c1ccccc1. The summed E-state index contributed by atoms with van der Waals surface area (Å²) < 4.78 is 0. The van der Waals surface area contributed by atoms with Crippen molar-refractivity contribution in [2.24, 2.45) is 0 Å². The van der Waals surface area contributed by atoms with Crippen molar-refractivity contribution in [3.8, 4) is 11.1 Å². The van der Waals surface area contributed by atoms with Crippen LogP contribution in [-0.4, -0.2) is 0 Å². The van der Waals surface area contributed by atoms with E-state index in [0.717, 1.165) is 6.42 Å². The molecule has 0 aliphatic heterocycles. The Morgan fingerprint density at radius 3 is 2.04 bits per heavy atom. The molecule has 0 aliphatic rings. The van der Waals surface area contributed by atoms with Crippen molar-refractivity contribution >= 4 is 0 Å². The van der Waals surface area contributed by atoms with Crippen LogP contribution in [0.4, 0.5) is 0 Å². The van der Waals surface area contributed by atoms with Crippen LogP contribution >= 0.6 is 0 Å². The van der Waals surface area contributed by atoms with E-state index in [-0.39, 0.29) is 0 Å². The molecular formula is C25H35. The predicted octanol–water partition coefficient (Wildman–Crippen LogP) is 7.79. The normalized spacial score (nSPS) is 11.0. The van der Waals surface area contributed by atoms with Gasteiger partial charge in [-0.1, -0.05) is 101 Å². The van der Waals surface area contributed by atoms with Crippen LogP contribution < -0.4 is 0 Å². The monoisotopic (exact) mass is 335 g/mol. The van der Waals surface area contributed by atoms with Gasteiger partial charge in [0.05, 0.1) is 0 Å². The molecule has 0 bridgehead atoms. The molecule has 25 heavy (non-hydrogen) atoms. The van der Waals surface area contributed by atoms with Crippen molar-refractivity contribution in [2.75, 3.05) is 0 Å². The molecule has 1 radical (unpaired) electrons. The number of hydrogen-bond donors (Lipinski definition) is 0. The van der Waals surface area contributed by atoms with E-state index in [1.807, 2.05) is 0 Å². The molecule has 0 heterocycles. The minimum absolute atomic E-state index is 1.16. The third-order valence-corrected chi connectivity index (χ3v) is 5.06. The van der Waals surface area contributed by atoms with E-state index in [9.17, 15) is 0 Å². The molecule has 2 rings (SSSR count). The van der Waals surface area contributed by atoms with E-state index >= 15 is 0 Å². The van der Waals surface area contributed by atoms with Crippen molar-refractivity contribution < 1.29 is 0 Å². The van der Waals surface area contributed by atoms with Crippen molar-refractivity contribution in [1.82, 2.24) is 0 Å². The lowest BCUT2D eigenvalue weighted by Gasteiger charge is -2.15. The van der Waals surface area contributed by atoms with Crippen LogP contribution in [0.25, 0.3) is 11.1 Å². The zero-order valence-electron chi connectivity index (χ0n) is 16.3. The minimum Gasteiger partial charge on any atom is -0.0654 e. The molecule has 0 saturated heterocycles. The van der Waals surface area contributed by atoms with E-state index in [2.05, 4.69) is 62.4 Å². The molecule has 0 amide bonds. The molecule has 0 aliphatic carbocycles. The highest BCUT2D eigenvalue weighted by Crippen LogP contribution is 2.30. The molecule has 2 aromatic carbocycles. The van der Waals surface area contributed by atoms with Gasteiger partial charge in [-0.3, -0.25) is 0 Å². The molecule has 0 aromatic heterocycles. The molecule has 0 N–H and O–H groups in total. The summed E-state index contributed by atoms with van der Waals surface area (Å²) in [5, 5.41) is 0. The second-order valence-electron chi connectivity index (χ2n) is 7.20. The lowest BCUT2D eigenvalue weighted by Crippen LogP contribution is -1.98. The summed E-state index contributed by atoms with van der Waals surface area (Å²) in [6, 6.07) is 19.0. The average Bonchev–Trinajstić information content (AvgIpc) is 2.66. The third kappa shape index (κ3) is 6.69. The van der Waals surface area contributed by atoms with E-state index < -0.39 is 0 Å². The Hall–Kier alpha value is -1.56. The van der Waals surface area contributed by atoms with Crippen LogP contribution in [0.1, 0.15) is 82.8 Å². The van der Waals surface area contributed by atoms with Crippen LogP contribution in [0.15, 0.2) is 42.5 Å². The number of benzene rings is 2. The highest BCUT2D eigenvalue weighted by molar-refractivity contribution is 5.71. The first-order valence-corrected chi connectivity index (χ1v) is 10.4. The maximum Gasteiger partial charge on any atom is -0.0114 e. The van der Waals surface area contributed by atoms with Gasteiger partial charge in [0.2, 0.25) is 0 Å². The number of hydrogen-bond acceptors (Lipinski definition) is 0. The highest BCUT2D eigenvalue weighted by Gasteiger charge is 2.10. The second-order valence-corrected chi connectivity index (χ2v) is 7.20. The second kappa shape index (κ2) is 11.9. The van der Waals surface area contributed by atoms with Gasteiger partial charge in [0.1, 0.15) is 0 Å².